The van der Waals surface area contributed by atoms with Crippen molar-refractivity contribution in [2.75, 3.05) is 0 Å². The number of rotatable bonds is 1. The molecule has 0 aromatic heterocycles. The second kappa shape index (κ2) is 5.27. The second-order valence-corrected chi connectivity index (χ2v) is 7.01. The van der Waals surface area contributed by atoms with Gasteiger partial charge in [0.1, 0.15) is 5.57 Å². The van der Waals surface area contributed by atoms with E-state index in [0.717, 1.165) is 5.56 Å². The molecule has 2 rings (SSSR count). The van der Waals surface area contributed by atoms with Crippen molar-refractivity contribution in [3.8, 4) is 0 Å². The molecule has 0 saturated carbocycles. The van der Waals surface area contributed by atoms with Gasteiger partial charge in [-0.25, -0.2) is 9.59 Å². The van der Waals surface area contributed by atoms with Gasteiger partial charge < -0.3 is 9.47 Å². The van der Waals surface area contributed by atoms with Gasteiger partial charge in [0.15, 0.2) is 0 Å². The minimum Gasteiger partial charge on any atom is -0.419 e. The SMILES string of the molecule is CC(=C1C(=O)OC(C)(C)OC1=O)c1ccc(C(C)(C)C)cc1. The molecule has 0 radical (unpaired) electrons. The van der Waals surface area contributed by atoms with Crippen LogP contribution in [0.25, 0.3) is 5.57 Å². The lowest BCUT2D eigenvalue weighted by Crippen LogP contribution is -2.42. The summed E-state index contributed by atoms with van der Waals surface area (Å²) in [5, 5.41) is 0. The van der Waals surface area contributed by atoms with Crippen molar-refractivity contribution in [1.82, 2.24) is 0 Å². The molecule has 118 valence electrons. The molecule has 4 heteroatoms. The lowest BCUT2D eigenvalue weighted by Gasteiger charge is -2.30. The number of hydrogen-bond donors (Lipinski definition) is 0. The summed E-state index contributed by atoms with van der Waals surface area (Å²) in [5.74, 6) is -2.49. The van der Waals surface area contributed by atoms with Gasteiger partial charge in [-0.15, -0.1) is 0 Å². The summed E-state index contributed by atoms with van der Waals surface area (Å²) in [7, 11) is 0. The van der Waals surface area contributed by atoms with Gasteiger partial charge in [0.25, 0.3) is 5.79 Å². The zero-order valence-electron chi connectivity index (χ0n) is 13.9. The summed E-state index contributed by atoms with van der Waals surface area (Å²) >= 11 is 0. The number of hydrogen-bond acceptors (Lipinski definition) is 4. The van der Waals surface area contributed by atoms with Crippen LogP contribution in [0.5, 0.6) is 0 Å². The Kier molecular flexibility index (Phi) is 3.90. The Bertz CT molecular complexity index is 621. The first-order chi connectivity index (χ1) is 10.0. The van der Waals surface area contributed by atoms with Crippen molar-refractivity contribution in [2.45, 2.75) is 52.7 Å². The highest BCUT2D eigenvalue weighted by molar-refractivity contribution is 6.20. The van der Waals surface area contributed by atoms with Gasteiger partial charge in [0.2, 0.25) is 0 Å². The minimum atomic E-state index is -1.21. The molecule has 4 nitrogen and oxygen atoms in total. The molecule has 22 heavy (non-hydrogen) atoms. The van der Waals surface area contributed by atoms with Gasteiger partial charge in [-0.3, -0.25) is 0 Å². The fourth-order valence-corrected chi connectivity index (χ4v) is 2.32. The second-order valence-electron chi connectivity index (χ2n) is 7.01. The van der Waals surface area contributed by atoms with Crippen LogP contribution >= 0.6 is 0 Å². The topological polar surface area (TPSA) is 52.6 Å². The molecule has 1 aliphatic heterocycles. The zero-order valence-corrected chi connectivity index (χ0v) is 13.9. The summed E-state index contributed by atoms with van der Waals surface area (Å²) in [6, 6.07) is 7.82. The van der Waals surface area contributed by atoms with Crippen molar-refractivity contribution < 1.29 is 19.1 Å². The number of carbonyl (C=O) groups excluding carboxylic acids is 2. The minimum absolute atomic E-state index is 0.0390. The summed E-state index contributed by atoms with van der Waals surface area (Å²) in [6.07, 6.45) is 0. The molecule has 0 amide bonds. The standard InChI is InChI=1S/C18H22O4/c1-11(12-7-9-13(10-8-12)17(2,3)4)14-15(19)21-18(5,6)22-16(14)20/h7-10H,1-6H3. The maximum Gasteiger partial charge on any atom is 0.349 e. The van der Waals surface area contributed by atoms with Crippen molar-refractivity contribution in [1.29, 1.82) is 0 Å². The van der Waals surface area contributed by atoms with Crippen LogP contribution in [0, 0.1) is 0 Å². The molecule has 1 saturated heterocycles. The Morgan fingerprint density at radius 3 is 1.82 bits per heavy atom. The lowest BCUT2D eigenvalue weighted by molar-refractivity contribution is -0.222. The molecule has 0 unspecified atom stereocenters. The Morgan fingerprint density at radius 2 is 1.41 bits per heavy atom. The van der Waals surface area contributed by atoms with Crippen LogP contribution in [0.1, 0.15) is 52.7 Å². The normalized spacial score (nSPS) is 17.8. The molecule has 0 atom stereocenters. The fraction of sp³-hybridized carbons (Fsp3) is 0.444. The predicted molar refractivity (Wildman–Crippen MR) is 84.0 cm³/mol. The number of benzene rings is 1. The third kappa shape index (κ3) is 3.21. The molecule has 1 aromatic rings. The predicted octanol–water partition coefficient (Wildman–Crippen LogP) is 3.59. The van der Waals surface area contributed by atoms with Crippen LogP contribution in [0.15, 0.2) is 29.8 Å². The maximum atomic E-state index is 12.1. The fourth-order valence-electron chi connectivity index (χ4n) is 2.32. The molecule has 0 spiro atoms. The smallest absolute Gasteiger partial charge is 0.349 e. The van der Waals surface area contributed by atoms with Gasteiger partial charge >= 0.3 is 11.9 Å². The number of ether oxygens (including phenoxy) is 2. The van der Waals surface area contributed by atoms with E-state index < -0.39 is 17.7 Å². The quantitative estimate of drug-likeness (QED) is 0.452. The number of allylic oxidation sites excluding steroid dienone is 1. The lowest BCUT2D eigenvalue weighted by atomic mass is 9.86. The molecule has 1 aromatic carbocycles. The van der Waals surface area contributed by atoms with Crippen molar-refractivity contribution in [2.24, 2.45) is 0 Å². The summed E-state index contributed by atoms with van der Waals surface area (Å²) in [4.78, 5) is 24.2. The number of esters is 2. The van der Waals surface area contributed by atoms with Crippen LogP contribution in [0.4, 0.5) is 0 Å². The molecule has 0 N–H and O–H groups in total. The van der Waals surface area contributed by atoms with Crippen LogP contribution < -0.4 is 0 Å². The van der Waals surface area contributed by atoms with E-state index in [-0.39, 0.29) is 11.0 Å². The van der Waals surface area contributed by atoms with Crippen molar-refractivity contribution >= 4 is 17.5 Å². The molecule has 1 fully saturated rings. The summed E-state index contributed by atoms with van der Waals surface area (Å²) < 4.78 is 10.3. The van der Waals surface area contributed by atoms with E-state index in [1.165, 1.54) is 19.4 Å². The van der Waals surface area contributed by atoms with Crippen LogP contribution in [-0.2, 0) is 24.5 Å². The average molecular weight is 302 g/mol. The Balaban J connectivity index is 2.40. The van der Waals surface area contributed by atoms with Gasteiger partial charge in [-0.05, 0) is 29.0 Å². The molecule has 0 aliphatic carbocycles. The highest BCUT2D eigenvalue weighted by Gasteiger charge is 2.40. The van der Waals surface area contributed by atoms with Crippen LogP contribution in [0.3, 0.4) is 0 Å². The van der Waals surface area contributed by atoms with Gasteiger partial charge in [-0.2, -0.15) is 0 Å². The highest BCUT2D eigenvalue weighted by Crippen LogP contribution is 2.30. The Morgan fingerprint density at radius 1 is 0.955 bits per heavy atom. The first-order valence-corrected chi connectivity index (χ1v) is 7.30. The van der Waals surface area contributed by atoms with E-state index in [9.17, 15) is 9.59 Å². The van der Waals surface area contributed by atoms with Crippen LogP contribution in [0.2, 0.25) is 0 Å². The van der Waals surface area contributed by atoms with E-state index >= 15 is 0 Å². The van der Waals surface area contributed by atoms with E-state index in [1.54, 1.807) is 6.92 Å². The van der Waals surface area contributed by atoms with Gasteiger partial charge in [-0.1, -0.05) is 45.0 Å². The van der Waals surface area contributed by atoms with Crippen LogP contribution in [-0.4, -0.2) is 17.7 Å². The van der Waals surface area contributed by atoms with Gasteiger partial charge in [0, 0.05) is 13.8 Å². The Labute approximate surface area is 131 Å². The van der Waals surface area contributed by atoms with Gasteiger partial charge in [0.05, 0.1) is 0 Å². The zero-order chi connectivity index (χ0) is 16.7. The van der Waals surface area contributed by atoms with E-state index in [4.69, 9.17) is 9.47 Å². The molecule has 1 aliphatic rings. The third-order valence-corrected chi connectivity index (χ3v) is 3.64. The summed E-state index contributed by atoms with van der Waals surface area (Å²) in [5.41, 5.74) is 2.56. The highest BCUT2D eigenvalue weighted by atomic mass is 16.7. The summed E-state index contributed by atoms with van der Waals surface area (Å²) in [6.45, 7) is 11.2. The number of cyclic esters (lactones) is 2. The Hall–Kier alpha value is -2.10. The van der Waals surface area contributed by atoms with E-state index in [1.807, 2.05) is 24.3 Å². The molecule has 1 heterocycles. The van der Waals surface area contributed by atoms with Crippen molar-refractivity contribution in [3.05, 3.63) is 41.0 Å². The van der Waals surface area contributed by atoms with E-state index in [0.29, 0.717) is 5.57 Å². The molecular weight excluding hydrogens is 280 g/mol. The largest absolute Gasteiger partial charge is 0.419 e. The first-order valence-electron chi connectivity index (χ1n) is 7.30. The molecular formula is C18H22O4. The average Bonchev–Trinajstić information content (AvgIpc) is 2.35. The number of carbonyl (C=O) groups is 2. The van der Waals surface area contributed by atoms with E-state index in [2.05, 4.69) is 20.8 Å². The molecule has 0 bridgehead atoms. The maximum absolute atomic E-state index is 12.1. The monoisotopic (exact) mass is 302 g/mol. The van der Waals surface area contributed by atoms with Crippen molar-refractivity contribution in [3.63, 3.8) is 0 Å². The third-order valence-electron chi connectivity index (χ3n) is 3.64. The first kappa shape index (κ1) is 16.3.